The molecule has 2 aromatic heterocycles. The summed E-state index contributed by atoms with van der Waals surface area (Å²) in [5.74, 6) is -2.25. The smallest absolute Gasteiger partial charge is 0.352 e. The fourth-order valence-electron chi connectivity index (χ4n) is 3.24. The number of carboxylic acid groups (broad SMARTS) is 1. The molecule has 16 heteroatoms. The number of nitrogen functional groups attached to an aromatic ring is 1. The second kappa shape index (κ2) is 9.92. The van der Waals surface area contributed by atoms with E-state index in [2.05, 4.69) is 20.4 Å². The number of carbonyl (C=O) groups excluding carboxylic acids is 2. The van der Waals surface area contributed by atoms with E-state index in [0.29, 0.717) is 10.5 Å². The highest BCUT2D eigenvalue weighted by Crippen LogP contribution is 2.41. The molecular weight excluding hydrogens is 547 g/mol. The second-order valence-corrected chi connectivity index (χ2v) is 10.7. The third kappa shape index (κ3) is 4.63. The lowest BCUT2D eigenvalue weighted by Gasteiger charge is -2.49. The molecule has 4 rings (SSSR count). The van der Waals surface area contributed by atoms with Crippen LogP contribution in [0.15, 0.2) is 27.9 Å². The van der Waals surface area contributed by atoms with Crippen molar-refractivity contribution in [1.29, 1.82) is 0 Å². The van der Waals surface area contributed by atoms with Gasteiger partial charge in [-0.2, -0.15) is 0 Å². The Morgan fingerprint density at radius 3 is 2.74 bits per heavy atom. The predicted molar refractivity (Wildman–Crippen MR) is 131 cm³/mol. The quantitative estimate of drug-likeness (QED) is 0.262. The van der Waals surface area contributed by atoms with Crippen LogP contribution in [0.5, 0.6) is 0 Å². The summed E-state index contributed by atoms with van der Waals surface area (Å²) in [6.07, 6.45) is 3.17. The van der Waals surface area contributed by atoms with Crippen LogP contribution in [0.1, 0.15) is 10.6 Å². The van der Waals surface area contributed by atoms with Crippen LogP contribution in [0.4, 0.5) is 5.13 Å². The van der Waals surface area contributed by atoms with Crippen LogP contribution in [0.2, 0.25) is 9.62 Å². The summed E-state index contributed by atoms with van der Waals surface area (Å²) in [5.41, 5.74) is 5.91. The Labute approximate surface area is 214 Å². The van der Waals surface area contributed by atoms with Crippen molar-refractivity contribution >= 4 is 92.3 Å². The number of β-lactam (4-membered cyclic amide) rings is 1. The van der Waals surface area contributed by atoms with Gasteiger partial charge in [0.05, 0.1) is 4.88 Å². The van der Waals surface area contributed by atoms with Crippen molar-refractivity contribution in [3.63, 3.8) is 0 Å². The van der Waals surface area contributed by atoms with Crippen molar-refractivity contribution in [2.24, 2.45) is 5.16 Å². The predicted octanol–water partition coefficient (Wildman–Crippen LogP) is 2.29. The first-order chi connectivity index (χ1) is 16.2. The van der Waals surface area contributed by atoms with Gasteiger partial charge in [0, 0.05) is 11.1 Å². The van der Waals surface area contributed by atoms with Crippen molar-refractivity contribution in [2.75, 3.05) is 18.6 Å². The van der Waals surface area contributed by atoms with Crippen molar-refractivity contribution in [2.45, 2.75) is 11.4 Å². The van der Waals surface area contributed by atoms with E-state index in [1.54, 1.807) is 12.2 Å². The molecule has 2 aliphatic rings. The first-order valence-electron chi connectivity index (χ1n) is 9.25. The number of hydrogen-bond acceptors (Lipinski definition) is 11. The maximum Gasteiger partial charge on any atom is 0.352 e. The van der Waals surface area contributed by atoms with Gasteiger partial charge < -0.3 is 21.0 Å². The number of anilines is 1. The number of oxime groups is 1. The third-order valence-electron chi connectivity index (χ3n) is 4.67. The van der Waals surface area contributed by atoms with E-state index >= 15 is 0 Å². The number of aromatic nitrogens is 2. The molecule has 11 nitrogen and oxygen atoms in total. The molecule has 0 radical (unpaired) electrons. The number of allylic oxidation sites excluding steroid dienone is 1. The zero-order valence-electron chi connectivity index (χ0n) is 17.0. The minimum atomic E-state index is -1.27. The number of carboxylic acids is 1. The third-order valence-corrected chi connectivity index (χ3v) is 8.17. The van der Waals surface area contributed by atoms with Gasteiger partial charge in [0.15, 0.2) is 15.3 Å². The molecule has 0 spiro atoms. The summed E-state index contributed by atoms with van der Waals surface area (Å²) in [7, 11) is 1.27. The van der Waals surface area contributed by atoms with Crippen LogP contribution in [0.25, 0.3) is 6.08 Å². The topological polar surface area (TPSA) is 160 Å². The number of hydrogen-bond donors (Lipinski definition) is 3. The number of rotatable bonds is 7. The van der Waals surface area contributed by atoms with Crippen LogP contribution in [-0.2, 0) is 19.2 Å². The largest absolute Gasteiger partial charge is 0.477 e. The highest BCUT2D eigenvalue weighted by Gasteiger charge is 2.54. The van der Waals surface area contributed by atoms with Gasteiger partial charge >= 0.3 is 5.97 Å². The standard InChI is InChI=1S/C18H14Cl2N6O5S3/c1-31-25-9(7-5-33-18(21)22-7)13(27)23-10-14(28)26-11(16(29)30)6(4-32-15(10)26)2-3-8-12(19)24-17(20)34-8/h2-3,5,10,15H,4H2,1H3,(H2,21,22)(H,23,27)(H,29,30)/t10?,15-/m1/s1. The Morgan fingerprint density at radius 2 is 2.15 bits per heavy atom. The fourth-order valence-corrected chi connectivity index (χ4v) is 6.38. The molecule has 2 aromatic rings. The Kier molecular flexibility index (Phi) is 7.14. The number of nitrogens with zero attached hydrogens (tertiary/aromatic N) is 4. The molecule has 2 aliphatic heterocycles. The van der Waals surface area contributed by atoms with Crippen LogP contribution in [-0.4, -0.2) is 67.7 Å². The fraction of sp³-hybridized carbons (Fsp3) is 0.222. The van der Waals surface area contributed by atoms with E-state index in [4.69, 9.17) is 33.8 Å². The number of amides is 2. The minimum Gasteiger partial charge on any atom is -0.477 e. The van der Waals surface area contributed by atoms with Gasteiger partial charge in [0.2, 0.25) is 0 Å². The number of thiazole rings is 2. The summed E-state index contributed by atoms with van der Waals surface area (Å²) in [4.78, 5) is 52.0. The van der Waals surface area contributed by atoms with Crippen molar-refractivity contribution in [3.05, 3.63) is 42.9 Å². The maximum atomic E-state index is 12.9. The summed E-state index contributed by atoms with van der Waals surface area (Å²) in [6.45, 7) is 0. The van der Waals surface area contributed by atoms with E-state index in [1.807, 2.05) is 0 Å². The molecule has 0 aromatic carbocycles. The number of fused-ring (bicyclic) bond motifs is 1. The molecule has 2 amide bonds. The molecule has 0 saturated carbocycles. The second-order valence-electron chi connectivity index (χ2n) is 6.69. The lowest BCUT2D eigenvalue weighted by Crippen LogP contribution is -2.71. The lowest BCUT2D eigenvalue weighted by atomic mass is 10.0. The molecule has 0 bridgehead atoms. The van der Waals surface area contributed by atoms with Crippen LogP contribution < -0.4 is 11.1 Å². The van der Waals surface area contributed by atoms with Crippen LogP contribution in [0.3, 0.4) is 0 Å². The highest BCUT2D eigenvalue weighted by atomic mass is 35.5. The van der Waals surface area contributed by atoms with Gasteiger partial charge in [-0.1, -0.05) is 34.4 Å². The molecule has 1 fully saturated rings. The molecular formula is C18H14Cl2N6O5S3. The van der Waals surface area contributed by atoms with Crippen LogP contribution in [0, 0.1) is 0 Å². The molecule has 1 unspecified atom stereocenters. The molecule has 2 atom stereocenters. The number of thioether (sulfide) groups is 1. The SMILES string of the molecule is CON=C(C(=O)NC1C(=O)N2C(C(=O)O)=C(C=Cc3sc(Cl)nc3Cl)CS[C@H]12)c1csc(N)n1. The molecule has 178 valence electrons. The number of carbonyl (C=O) groups is 3. The first-order valence-corrected chi connectivity index (χ1v) is 12.8. The maximum absolute atomic E-state index is 12.9. The van der Waals surface area contributed by atoms with E-state index in [0.717, 1.165) is 27.6 Å². The first kappa shape index (κ1) is 24.5. The highest BCUT2D eigenvalue weighted by molar-refractivity contribution is 8.00. The summed E-state index contributed by atoms with van der Waals surface area (Å²) in [6, 6.07) is -0.954. The van der Waals surface area contributed by atoms with E-state index < -0.39 is 29.2 Å². The van der Waals surface area contributed by atoms with Gasteiger partial charge in [0.25, 0.3) is 11.8 Å². The monoisotopic (exact) mass is 560 g/mol. The number of halogens is 2. The molecule has 1 saturated heterocycles. The molecule has 34 heavy (non-hydrogen) atoms. The van der Waals surface area contributed by atoms with Gasteiger partial charge in [-0.25, -0.2) is 14.8 Å². The average Bonchev–Trinajstić information content (AvgIpc) is 3.36. The van der Waals surface area contributed by atoms with Crippen molar-refractivity contribution in [3.8, 4) is 0 Å². The van der Waals surface area contributed by atoms with E-state index in [9.17, 15) is 19.5 Å². The zero-order valence-corrected chi connectivity index (χ0v) is 21.0. The zero-order chi connectivity index (χ0) is 24.6. The van der Waals surface area contributed by atoms with Crippen LogP contribution >= 0.6 is 57.6 Å². The van der Waals surface area contributed by atoms with Gasteiger partial charge in [0.1, 0.15) is 35.1 Å². The number of nitrogens with two attached hydrogens (primary N) is 1. The van der Waals surface area contributed by atoms with Gasteiger partial charge in [-0.05, 0) is 11.6 Å². The summed E-state index contributed by atoms with van der Waals surface area (Å²) < 4.78 is 0.253. The Hall–Kier alpha value is -2.65. The summed E-state index contributed by atoms with van der Waals surface area (Å²) >= 11 is 15.4. The summed E-state index contributed by atoms with van der Waals surface area (Å²) in [5, 5.41) is 17.4. The molecule has 0 aliphatic carbocycles. The normalized spacial score (nSPS) is 20.4. The van der Waals surface area contributed by atoms with E-state index in [1.165, 1.54) is 24.3 Å². The van der Waals surface area contributed by atoms with Gasteiger partial charge in [-0.15, -0.1) is 34.4 Å². The van der Waals surface area contributed by atoms with Crippen molar-refractivity contribution < 1.29 is 24.3 Å². The Balaban J connectivity index is 1.54. The number of nitrogens with one attached hydrogen (secondary N) is 1. The van der Waals surface area contributed by atoms with Crippen molar-refractivity contribution in [1.82, 2.24) is 20.2 Å². The Morgan fingerprint density at radius 1 is 1.38 bits per heavy atom. The minimum absolute atomic E-state index is 0.153. The lowest BCUT2D eigenvalue weighted by molar-refractivity contribution is -0.150. The molecule has 4 heterocycles. The van der Waals surface area contributed by atoms with Gasteiger partial charge in [-0.3, -0.25) is 14.5 Å². The Bertz CT molecular complexity index is 1270. The average molecular weight is 561 g/mol. The number of aliphatic carboxylic acids is 1. The van der Waals surface area contributed by atoms with E-state index in [-0.39, 0.29) is 37.6 Å². The molecule has 4 N–H and O–H groups in total.